The lowest BCUT2D eigenvalue weighted by molar-refractivity contribution is 1.12. The molecular formula is C21H16N2S2. The Morgan fingerprint density at radius 3 is 2.80 bits per heavy atom. The maximum Gasteiger partial charge on any atom is 0.103 e. The number of hydrogen-bond donors (Lipinski definition) is 0. The molecule has 0 atom stereocenters. The number of rotatable bonds is 1. The summed E-state index contributed by atoms with van der Waals surface area (Å²) in [6, 6.07) is 4.09. The lowest BCUT2D eigenvalue weighted by Crippen LogP contribution is -2.09. The predicted molar refractivity (Wildman–Crippen MR) is 109 cm³/mol. The van der Waals surface area contributed by atoms with Crippen LogP contribution in [-0.2, 0) is 0 Å². The van der Waals surface area contributed by atoms with Crippen LogP contribution in [0.15, 0.2) is 96.9 Å². The van der Waals surface area contributed by atoms with Crippen molar-refractivity contribution in [2.24, 2.45) is 4.99 Å². The Kier molecular flexibility index (Phi) is 3.68. The highest BCUT2D eigenvalue weighted by Gasteiger charge is 2.31. The van der Waals surface area contributed by atoms with E-state index < -0.39 is 0 Å². The zero-order valence-corrected chi connectivity index (χ0v) is 15.5. The summed E-state index contributed by atoms with van der Waals surface area (Å²) in [5, 5.41) is 3.28. The van der Waals surface area contributed by atoms with Crippen LogP contribution in [0.2, 0.25) is 0 Å². The zero-order chi connectivity index (χ0) is 16.8. The van der Waals surface area contributed by atoms with Gasteiger partial charge in [-0.2, -0.15) is 0 Å². The summed E-state index contributed by atoms with van der Waals surface area (Å²) < 4.78 is 0. The van der Waals surface area contributed by atoms with E-state index in [2.05, 4.69) is 41.6 Å². The third-order valence-electron chi connectivity index (χ3n) is 4.82. The average molecular weight is 361 g/mol. The molecule has 0 fully saturated rings. The van der Waals surface area contributed by atoms with Crippen LogP contribution in [0.4, 0.5) is 0 Å². The fourth-order valence-corrected chi connectivity index (χ4v) is 5.64. The predicted octanol–water partition coefficient (Wildman–Crippen LogP) is 5.56. The van der Waals surface area contributed by atoms with Gasteiger partial charge in [-0.25, -0.2) is 0 Å². The van der Waals surface area contributed by atoms with Crippen molar-refractivity contribution in [3.63, 3.8) is 0 Å². The van der Waals surface area contributed by atoms with Gasteiger partial charge in [0, 0.05) is 34.2 Å². The van der Waals surface area contributed by atoms with E-state index in [0.29, 0.717) is 0 Å². The standard InChI is InChI=1S/C21H16N2S2/c1-13-4-5-16-17(11-15-3-2-10-24-19(15)16)20-18(13)12-23-21(25-20)14-6-8-22-9-7-14/h2-10H,11-12H2,1H3. The van der Waals surface area contributed by atoms with Crippen molar-refractivity contribution in [2.45, 2.75) is 13.3 Å². The van der Waals surface area contributed by atoms with Crippen molar-refractivity contribution in [1.82, 2.24) is 4.98 Å². The quantitative estimate of drug-likeness (QED) is 0.655. The number of hydrogen-bond acceptors (Lipinski definition) is 4. The molecule has 4 heteroatoms. The molecule has 2 nitrogen and oxygen atoms in total. The first-order valence-electron chi connectivity index (χ1n) is 8.33. The van der Waals surface area contributed by atoms with Gasteiger partial charge >= 0.3 is 0 Å². The molecule has 5 rings (SSSR count). The summed E-state index contributed by atoms with van der Waals surface area (Å²) in [7, 11) is 0. The topological polar surface area (TPSA) is 25.2 Å². The molecule has 3 heterocycles. The molecule has 0 saturated heterocycles. The molecule has 1 aromatic heterocycles. The van der Waals surface area contributed by atoms with Gasteiger partial charge in [-0.05, 0) is 52.3 Å². The molecule has 0 spiro atoms. The SMILES string of the molecule is CC1=C2CN=C(c3ccncc3)SC2=C2CC3=CC=CSC3=C2C=C1. The van der Waals surface area contributed by atoms with Gasteiger partial charge in [0.05, 0.1) is 6.54 Å². The second kappa shape index (κ2) is 6.04. The van der Waals surface area contributed by atoms with E-state index in [1.165, 1.54) is 37.7 Å². The van der Waals surface area contributed by atoms with Crippen molar-refractivity contribution in [3.8, 4) is 0 Å². The molecule has 122 valence electrons. The third-order valence-corrected chi connectivity index (χ3v) is 7.09. The minimum absolute atomic E-state index is 0.757. The largest absolute Gasteiger partial charge is 0.273 e. The van der Waals surface area contributed by atoms with Gasteiger partial charge < -0.3 is 0 Å². The second-order valence-corrected chi connectivity index (χ2v) is 8.23. The van der Waals surface area contributed by atoms with Crippen molar-refractivity contribution in [2.75, 3.05) is 6.54 Å². The van der Waals surface area contributed by atoms with E-state index in [9.17, 15) is 0 Å². The molecule has 4 aliphatic rings. The summed E-state index contributed by atoms with van der Waals surface area (Å²) >= 11 is 3.67. The lowest BCUT2D eigenvalue weighted by atomic mass is 10.0. The summed E-state index contributed by atoms with van der Waals surface area (Å²) in [5.41, 5.74) is 8.17. The van der Waals surface area contributed by atoms with Crippen LogP contribution in [0.5, 0.6) is 0 Å². The first-order chi connectivity index (χ1) is 12.3. The Labute approximate surface area is 155 Å². The number of pyridine rings is 1. The van der Waals surface area contributed by atoms with Gasteiger partial charge in [0.1, 0.15) is 5.04 Å². The summed E-state index contributed by atoms with van der Waals surface area (Å²) in [6.45, 7) is 2.96. The maximum atomic E-state index is 4.86. The van der Waals surface area contributed by atoms with Gasteiger partial charge in [-0.1, -0.05) is 47.8 Å². The molecule has 0 amide bonds. The van der Waals surface area contributed by atoms with Crippen LogP contribution in [0, 0.1) is 0 Å². The number of aromatic nitrogens is 1. The average Bonchev–Trinajstić information content (AvgIpc) is 2.98. The molecule has 0 N–H and O–H groups in total. The number of nitrogens with zero attached hydrogens (tertiary/aromatic N) is 2. The van der Waals surface area contributed by atoms with Crippen molar-refractivity contribution in [1.29, 1.82) is 0 Å². The fraction of sp³-hybridized carbons (Fsp3) is 0.143. The Morgan fingerprint density at radius 1 is 1.04 bits per heavy atom. The fourth-order valence-electron chi connectivity index (χ4n) is 3.51. The van der Waals surface area contributed by atoms with Crippen LogP contribution in [0.3, 0.4) is 0 Å². The van der Waals surface area contributed by atoms with E-state index in [-0.39, 0.29) is 0 Å². The Bertz CT molecular complexity index is 986. The molecule has 0 radical (unpaired) electrons. The Hall–Kier alpha value is -2.04. The van der Waals surface area contributed by atoms with Crippen LogP contribution < -0.4 is 0 Å². The molecule has 2 aliphatic heterocycles. The first kappa shape index (κ1) is 15.2. The van der Waals surface area contributed by atoms with E-state index in [1.807, 2.05) is 48.1 Å². The van der Waals surface area contributed by atoms with Gasteiger partial charge in [0.25, 0.3) is 0 Å². The molecule has 25 heavy (non-hydrogen) atoms. The van der Waals surface area contributed by atoms with Crippen molar-refractivity contribution >= 4 is 28.6 Å². The smallest absolute Gasteiger partial charge is 0.103 e. The maximum absolute atomic E-state index is 4.86. The van der Waals surface area contributed by atoms with Crippen LogP contribution in [0.1, 0.15) is 18.9 Å². The van der Waals surface area contributed by atoms with E-state index >= 15 is 0 Å². The zero-order valence-electron chi connectivity index (χ0n) is 13.8. The summed E-state index contributed by atoms with van der Waals surface area (Å²) in [6.07, 6.45) is 13.7. The highest BCUT2D eigenvalue weighted by atomic mass is 32.2. The Morgan fingerprint density at radius 2 is 1.92 bits per heavy atom. The third kappa shape index (κ3) is 2.52. The van der Waals surface area contributed by atoms with Crippen molar-refractivity contribution in [3.05, 3.63) is 97.5 Å². The lowest BCUT2D eigenvalue weighted by Gasteiger charge is -2.21. The second-order valence-electron chi connectivity index (χ2n) is 6.32. The normalized spacial score (nSPS) is 21.6. The number of fused-ring (bicyclic) bond motifs is 3. The van der Waals surface area contributed by atoms with Gasteiger partial charge in [-0.15, -0.1) is 0 Å². The Balaban J connectivity index is 1.66. The van der Waals surface area contributed by atoms with Crippen molar-refractivity contribution < 1.29 is 0 Å². The molecular weight excluding hydrogens is 344 g/mol. The molecule has 0 saturated carbocycles. The molecule has 0 bridgehead atoms. The molecule has 1 aromatic rings. The summed E-state index contributed by atoms with van der Waals surface area (Å²) in [4.78, 5) is 11.8. The van der Waals surface area contributed by atoms with E-state index in [0.717, 1.165) is 23.6 Å². The van der Waals surface area contributed by atoms with Gasteiger partial charge in [0.15, 0.2) is 0 Å². The van der Waals surface area contributed by atoms with Gasteiger partial charge in [0.2, 0.25) is 0 Å². The molecule has 2 aliphatic carbocycles. The van der Waals surface area contributed by atoms with Crippen LogP contribution >= 0.6 is 23.5 Å². The van der Waals surface area contributed by atoms with Gasteiger partial charge in [-0.3, -0.25) is 9.98 Å². The van der Waals surface area contributed by atoms with E-state index in [4.69, 9.17) is 4.99 Å². The number of thioether (sulfide) groups is 2. The minimum Gasteiger partial charge on any atom is -0.273 e. The molecule has 0 aromatic carbocycles. The highest BCUT2D eigenvalue weighted by Crippen LogP contribution is 2.51. The van der Waals surface area contributed by atoms with Crippen LogP contribution in [0.25, 0.3) is 0 Å². The van der Waals surface area contributed by atoms with Crippen LogP contribution in [-0.4, -0.2) is 16.6 Å². The number of allylic oxidation sites excluding steroid dienone is 8. The summed E-state index contributed by atoms with van der Waals surface area (Å²) in [5.74, 6) is 0. The van der Waals surface area contributed by atoms with E-state index in [1.54, 1.807) is 0 Å². The minimum atomic E-state index is 0.757. The monoisotopic (exact) mass is 360 g/mol. The highest BCUT2D eigenvalue weighted by molar-refractivity contribution is 8.18. The first-order valence-corrected chi connectivity index (χ1v) is 10.0. The number of aliphatic imine (C=N–C) groups is 1. The molecule has 0 unspecified atom stereocenters.